The summed E-state index contributed by atoms with van der Waals surface area (Å²) in [6, 6.07) is 15.8. The Morgan fingerprint density at radius 3 is 2.28 bits per heavy atom. The average Bonchev–Trinajstić information content (AvgIpc) is 3.76. The van der Waals surface area contributed by atoms with Crippen molar-refractivity contribution in [3.05, 3.63) is 94.3 Å². The third-order valence-corrected chi connectivity index (χ3v) is 13.5. The van der Waals surface area contributed by atoms with Crippen LogP contribution in [-0.4, -0.2) is 125 Å². The van der Waals surface area contributed by atoms with Gasteiger partial charge in [-0.25, -0.2) is 9.07 Å². The van der Waals surface area contributed by atoms with Gasteiger partial charge in [0.15, 0.2) is 0 Å². The van der Waals surface area contributed by atoms with Crippen molar-refractivity contribution in [2.75, 3.05) is 63.6 Å². The van der Waals surface area contributed by atoms with E-state index in [0.29, 0.717) is 28.8 Å². The number of nitrogens with two attached hydrogens (primary N) is 2. The maximum atomic E-state index is 13.8. The number of benzene rings is 3. The summed E-state index contributed by atoms with van der Waals surface area (Å²) in [7, 11) is 1.42. The number of methoxy groups -OCH3 is 1. The van der Waals surface area contributed by atoms with E-state index in [9.17, 15) is 33.2 Å². The number of aromatic nitrogens is 2. The van der Waals surface area contributed by atoms with E-state index in [4.69, 9.17) is 21.3 Å². The van der Waals surface area contributed by atoms with Crippen molar-refractivity contribution in [3.8, 4) is 17.0 Å². The van der Waals surface area contributed by atoms with Gasteiger partial charge in [-0.3, -0.25) is 48.8 Å². The predicted molar refractivity (Wildman–Crippen MR) is 233 cm³/mol. The van der Waals surface area contributed by atoms with Crippen LogP contribution < -0.4 is 31.7 Å². The quantitative estimate of drug-likeness (QED) is 0.151. The van der Waals surface area contributed by atoms with Crippen LogP contribution in [0.2, 0.25) is 0 Å². The number of piperidine rings is 3. The number of halogens is 1. The molecule has 9 rings (SSSR count). The Morgan fingerprint density at radius 2 is 1.59 bits per heavy atom. The van der Waals surface area contributed by atoms with Crippen molar-refractivity contribution < 1.29 is 37.9 Å². The second-order valence-corrected chi connectivity index (χ2v) is 17.4. The number of primary amides is 1. The number of nitrogens with one attached hydrogen (secondary N) is 2. The Bertz CT molecular complexity index is 2520. The summed E-state index contributed by atoms with van der Waals surface area (Å²) >= 11 is 0. The minimum Gasteiger partial charge on any atom is -0.496 e. The van der Waals surface area contributed by atoms with Crippen LogP contribution >= 0.6 is 0 Å². The number of anilines is 2. The number of carbonyl (C=O) groups excluding carboxylic acids is 6. The zero-order valence-electron chi connectivity index (χ0n) is 35.6. The number of fused-ring (bicyclic) bond motifs is 1. The Kier molecular flexibility index (Phi) is 11.6. The fourth-order valence-electron chi connectivity index (χ4n) is 9.90. The summed E-state index contributed by atoms with van der Waals surface area (Å²) in [5.74, 6) is -2.62. The van der Waals surface area contributed by atoms with Gasteiger partial charge in [-0.05, 0) is 80.0 Å². The molecule has 17 nitrogen and oxygen atoms in total. The Labute approximate surface area is 368 Å². The summed E-state index contributed by atoms with van der Waals surface area (Å²) in [4.78, 5) is 84.4. The lowest BCUT2D eigenvalue weighted by Crippen LogP contribution is -2.61. The molecule has 5 aliphatic rings. The highest BCUT2D eigenvalue weighted by Gasteiger charge is 2.45. The maximum Gasteiger partial charge on any atom is 0.262 e. The van der Waals surface area contributed by atoms with Crippen LogP contribution in [0.25, 0.3) is 11.3 Å². The van der Waals surface area contributed by atoms with Gasteiger partial charge in [-0.1, -0.05) is 24.3 Å². The molecule has 4 fully saturated rings. The fraction of sp³-hybridized carbons (Fsp3) is 0.413. The van der Waals surface area contributed by atoms with E-state index < -0.39 is 47.3 Å². The monoisotopic (exact) mass is 874 g/mol. The molecule has 4 aromatic rings. The van der Waals surface area contributed by atoms with Gasteiger partial charge in [0.25, 0.3) is 23.6 Å². The average molecular weight is 875 g/mol. The van der Waals surface area contributed by atoms with Crippen molar-refractivity contribution >= 4 is 46.9 Å². The number of hydrogen-bond donors (Lipinski definition) is 4. The number of likely N-dealkylation sites (tertiary alicyclic amines) is 2. The molecule has 0 bridgehead atoms. The number of nitrogens with zero attached hydrogens (tertiary/aromatic N) is 6. The number of amides is 6. The molecule has 5 aliphatic heterocycles. The van der Waals surface area contributed by atoms with Gasteiger partial charge in [0.05, 0.1) is 29.8 Å². The predicted octanol–water partition coefficient (Wildman–Crippen LogP) is 2.95. The standard InChI is InChI=1S/C46H51FN10O7/c1-64-37-10-6-29(47)20-35(37)43(60)50-22-26-2-4-28(5-3-26)40-39(42(49)59)41(48)57(52-40)30-14-18-55(19-15-30)32-24-53(25-32)23-27-12-16-54(17-13-27)31-7-8-33-34(21-31)46(63)56(45(33)62)36-9-11-38(58)51-44(36)61/h2-8,10,20-21,27,30,32,36H,9,11-19,22-25,48H2,1H3,(H2,49,59)(H,50,60)(H,51,58,61). The summed E-state index contributed by atoms with van der Waals surface area (Å²) < 4.78 is 20.8. The van der Waals surface area contributed by atoms with E-state index in [1.54, 1.807) is 28.9 Å². The van der Waals surface area contributed by atoms with E-state index >= 15 is 0 Å². The summed E-state index contributed by atoms with van der Waals surface area (Å²) in [5.41, 5.74) is 16.0. The van der Waals surface area contributed by atoms with Crippen molar-refractivity contribution in [2.45, 2.75) is 63.2 Å². The molecule has 1 unspecified atom stereocenters. The Hall–Kier alpha value is -6.66. The van der Waals surface area contributed by atoms with Gasteiger partial charge in [0, 0.05) is 76.1 Å². The van der Waals surface area contributed by atoms with Crippen LogP contribution in [0.3, 0.4) is 0 Å². The van der Waals surface area contributed by atoms with Crippen LogP contribution in [0.1, 0.15) is 91.6 Å². The van der Waals surface area contributed by atoms with Gasteiger partial charge in [0.1, 0.15) is 34.7 Å². The first-order valence-corrected chi connectivity index (χ1v) is 21.8. The molecule has 6 amide bonds. The smallest absolute Gasteiger partial charge is 0.262 e. The summed E-state index contributed by atoms with van der Waals surface area (Å²) in [6.07, 6.45) is 3.88. The second kappa shape index (κ2) is 17.5. The molecule has 0 spiro atoms. The van der Waals surface area contributed by atoms with E-state index in [1.807, 2.05) is 18.2 Å². The highest BCUT2D eigenvalue weighted by atomic mass is 19.1. The van der Waals surface area contributed by atoms with Crippen LogP contribution in [0.15, 0.2) is 60.7 Å². The number of imide groups is 2. The first kappa shape index (κ1) is 42.6. The van der Waals surface area contributed by atoms with Gasteiger partial charge in [-0.2, -0.15) is 5.10 Å². The molecule has 0 aliphatic carbocycles. The number of rotatable bonds is 12. The van der Waals surface area contributed by atoms with Gasteiger partial charge >= 0.3 is 0 Å². The first-order valence-electron chi connectivity index (χ1n) is 21.8. The lowest BCUT2D eigenvalue weighted by atomic mass is 9.93. The van der Waals surface area contributed by atoms with Crippen molar-refractivity contribution in [3.63, 3.8) is 0 Å². The van der Waals surface area contributed by atoms with Gasteiger partial charge in [0.2, 0.25) is 11.8 Å². The number of carbonyl (C=O) groups is 6. The fourth-order valence-corrected chi connectivity index (χ4v) is 9.90. The van der Waals surface area contributed by atoms with Gasteiger partial charge < -0.3 is 26.4 Å². The molecule has 64 heavy (non-hydrogen) atoms. The lowest BCUT2D eigenvalue weighted by Gasteiger charge is -2.49. The highest BCUT2D eigenvalue weighted by Crippen LogP contribution is 2.36. The minimum atomic E-state index is -0.984. The van der Waals surface area contributed by atoms with E-state index in [0.717, 1.165) is 93.7 Å². The normalized spacial score (nSPS) is 20.3. The summed E-state index contributed by atoms with van der Waals surface area (Å²) in [5, 5.41) is 9.87. The molecule has 3 aromatic carbocycles. The van der Waals surface area contributed by atoms with Crippen molar-refractivity contribution in [2.24, 2.45) is 11.7 Å². The van der Waals surface area contributed by atoms with Crippen LogP contribution in [-0.2, 0) is 16.1 Å². The first-order chi connectivity index (χ1) is 30.9. The SMILES string of the molecule is COc1ccc(F)cc1C(=O)NCc1ccc(-c2nn(C3CCN(C4CN(CC5CCN(c6ccc7c(c6)C(=O)N(C6CCC(=O)NC6=O)C7=O)CC5)C4)CC3)c(N)c2C(N)=O)cc1. The van der Waals surface area contributed by atoms with Crippen molar-refractivity contribution in [1.29, 1.82) is 0 Å². The molecule has 1 atom stereocenters. The zero-order valence-corrected chi connectivity index (χ0v) is 35.6. The third kappa shape index (κ3) is 8.18. The number of ether oxygens (including phenoxy) is 1. The largest absolute Gasteiger partial charge is 0.496 e. The third-order valence-electron chi connectivity index (χ3n) is 13.5. The molecule has 0 saturated carbocycles. The molecular weight excluding hydrogens is 824 g/mol. The topological polar surface area (TPSA) is 219 Å². The molecule has 334 valence electrons. The Morgan fingerprint density at radius 1 is 0.875 bits per heavy atom. The minimum absolute atomic E-state index is 0.00678. The molecule has 18 heteroatoms. The number of hydrogen-bond acceptors (Lipinski definition) is 12. The highest BCUT2D eigenvalue weighted by molar-refractivity contribution is 6.23. The molecule has 1 aromatic heterocycles. The van der Waals surface area contributed by atoms with E-state index in [-0.39, 0.29) is 53.7 Å². The van der Waals surface area contributed by atoms with Crippen LogP contribution in [0.4, 0.5) is 15.9 Å². The van der Waals surface area contributed by atoms with E-state index in [2.05, 4.69) is 25.3 Å². The zero-order chi connectivity index (χ0) is 44.8. The maximum absolute atomic E-state index is 13.8. The Balaban J connectivity index is 0.737. The van der Waals surface area contributed by atoms with Crippen LogP contribution in [0, 0.1) is 11.7 Å². The van der Waals surface area contributed by atoms with Crippen molar-refractivity contribution in [1.82, 2.24) is 35.1 Å². The molecule has 6 N–H and O–H groups in total. The van der Waals surface area contributed by atoms with Crippen LogP contribution in [0.5, 0.6) is 5.75 Å². The molecular formula is C46H51FN10O7. The summed E-state index contributed by atoms with van der Waals surface area (Å²) in [6.45, 7) is 6.66. The van der Waals surface area contributed by atoms with E-state index in [1.165, 1.54) is 19.2 Å². The lowest BCUT2D eigenvalue weighted by molar-refractivity contribution is -0.136. The molecule has 4 saturated heterocycles. The van der Waals surface area contributed by atoms with Gasteiger partial charge in [-0.15, -0.1) is 0 Å². The number of nitrogen functional groups attached to an aromatic ring is 1. The molecule has 0 radical (unpaired) electrons. The molecule has 6 heterocycles. The second-order valence-electron chi connectivity index (χ2n) is 17.4.